The lowest BCUT2D eigenvalue weighted by Crippen LogP contribution is -1.83. The number of aryl methyl sites for hydroxylation is 1. The van der Waals surface area contributed by atoms with Gasteiger partial charge in [-0.05, 0) is 49.4 Å². The Morgan fingerprint density at radius 1 is 0.676 bits per heavy atom. The third-order valence-electron chi connectivity index (χ3n) is 6.64. The Kier molecular flexibility index (Phi) is 3.45. The number of furan rings is 2. The van der Waals surface area contributed by atoms with Gasteiger partial charge in [0.05, 0.1) is 11.9 Å². The predicted octanol–water partition coefficient (Wildman–Crippen LogP) is 8.62. The summed E-state index contributed by atoms with van der Waals surface area (Å²) in [6, 6.07) is 25.3. The van der Waals surface area contributed by atoms with Crippen molar-refractivity contribution in [2.45, 2.75) is 6.92 Å². The fourth-order valence-corrected chi connectivity index (χ4v) is 6.15. The summed E-state index contributed by atoms with van der Waals surface area (Å²) in [6.07, 6.45) is 1.82. The summed E-state index contributed by atoms with van der Waals surface area (Å²) in [5.74, 6) is 0. The van der Waals surface area contributed by atoms with Gasteiger partial charge in [0.15, 0.2) is 5.58 Å². The second-order valence-electron chi connectivity index (χ2n) is 8.70. The third-order valence-corrected chi connectivity index (χ3v) is 7.77. The molecule has 0 saturated heterocycles. The molecule has 8 rings (SSSR count). The number of thiophene rings is 1. The van der Waals surface area contributed by atoms with Gasteiger partial charge in [0.2, 0.25) is 5.71 Å². The van der Waals surface area contributed by atoms with Gasteiger partial charge in [-0.25, -0.2) is 4.98 Å². The maximum absolute atomic E-state index is 6.23. The van der Waals surface area contributed by atoms with Crippen molar-refractivity contribution >= 4 is 75.5 Å². The molecule has 0 N–H and O–H groups in total. The molecule has 0 amide bonds. The fourth-order valence-electron chi connectivity index (χ4n) is 5.02. The molecular weight excluding hydrogens is 440 g/mol. The average molecular weight is 457 g/mol. The molecule has 0 aliphatic rings. The summed E-state index contributed by atoms with van der Waals surface area (Å²) in [4.78, 5) is 9.32. The van der Waals surface area contributed by atoms with Crippen molar-refractivity contribution in [1.29, 1.82) is 0 Å². The van der Waals surface area contributed by atoms with Crippen LogP contribution >= 0.6 is 11.3 Å². The van der Waals surface area contributed by atoms with Gasteiger partial charge in [0.1, 0.15) is 11.2 Å². The number of hydrogen-bond acceptors (Lipinski definition) is 5. The monoisotopic (exact) mass is 456 g/mol. The largest absolute Gasteiger partial charge is 0.454 e. The zero-order valence-corrected chi connectivity index (χ0v) is 18.9. The zero-order valence-electron chi connectivity index (χ0n) is 18.1. The number of rotatable bonds is 1. The Morgan fingerprint density at radius 2 is 1.56 bits per heavy atom. The average Bonchev–Trinajstić information content (AvgIpc) is 3.52. The van der Waals surface area contributed by atoms with Crippen LogP contribution in [0.25, 0.3) is 75.4 Å². The Labute approximate surface area is 197 Å². The van der Waals surface area contributed by atoms with E-state index in [0.717, 1.165) is 55.2 Å². The Bertz CT molecular complexity index is 2090. The van der Waals surface area contributed by atoms with E-state index < -0.39 is 0 Å². The molecule has 0 atom stereocenters. The molecule has 0 spiro atoms. The molecule has 0 unspecified atom stereocenters. The first-order valence-electron chi connectivity index (χ1n) is 11.2. The first kappa shape index (κ1) is 18.2. The van der Waals surface area contributed by atoms with Gasteiger partial charge in [-0.3, -0.25) is 4.98 Å². The molecule has 0 aliphatic carbocycles. The van der Waals surface area contributed by atoms with Crippen LogP contribution in [0.15, 0.2) is 87.8 Å². The minimum Gasteiger partial charge on any atom is -0.454 e. The van der Waals surface area contributed by atoms with E-state index in [1.807, 2.05) is 36.6 Å². The molecule has 8 aromatic rings. The van der Waals surface area contributed by atoms with E-state index in [1.165, 1.54) is 20.2 Å². The lowest BCUT2D eigenvalue weighted by atomic mass is 10.0. The fraction of sp³-hybridized carbons (Fsp3) is 0.0345. The van der Waals surface area contributed by atoms with Crippen LogP contribution in [0, 0.1) is 6.92 Å². The van der Waals surface area contributed by atoms with E-state index in [1.54, 1.807) is 0 Å². The first-order valence-corrected chi connectivity index (χ1v) is 12.0. The van der Waals surface area contributed by atoms with Gasteiger partial charge < -0.3 is 8.83 Å². The van der Waals surface area contributed by atoms with Gasteiger partial charge in [-0.15, -0.1) is 11.3 Å². The highest BCUT2D eigenvalue weighted by atomic mass is 32.1. The number of pyridine rings is 2. The van der Waals surface area contributed by atoms with Crippen LogP contribution in [0.5, 0.6) is 0 Å². The second-order valence-corrected chi connectivity index (χ2v) is 9.78. The quantitative estimate of drug-likeness (QED) is 0.248. The van der Waals surface area contributed by atoms with Crippen LogP contribution in [0.3, 0.4) is 0 Å². The van der Waals surface area contributed by atoms with Crippen molar-refractivity contribution in [2.24, 2.45) is 0 Å². The van der Waals surface area contributed by atoms with Crippen LogP contribution < -0.4 is 0 Å². The molecular formula is C29H16N2O2S. The lowest BCUT2D eigenvalue weighted by molar-refractivity contribution is 0.653. The maximum Gasteiger partial charge on any atom is 0.227 e. The molecule has 3 aromatic carbocycles. The van der Waals surface area contributed by atoms with E-state index in [2.05, 4.69) is 65.6 Å². The minimum atomic E-state index is 0.657. The van der Waals surface area contributed by atoms with Crippen LogP contribution in [0.4, 0.5) is 0 Å². The van der Waals surface area contributed by atoms with Crippen molar-refractivity contribution in [3.63, 3.8) is 0 Å². The molecule has 0 radical (unpaired) electrons. The highest BCUT2D eigenvalue weighted by Gasteiger charge is 2.17. The summed E-state index contributed by atoms with van der Waals surface area (Å²) < 4.78 is 15.0. The molecule has 5 heterocycles. The Hall–Kier alpha value is -4.22. The van der Waals surface area contributed by atoms with Crippen LogP contribution in [0.1, 0.15) is 5.69 Å². The van der Waals surface area contributed by atoms with Gasteiger partial charge in [-0.1, -0.05) is 30.3 Å². The van der Waals surface area contributed by atoms with E-state index in [4.69, 9.17) is 13.8 Å². The van der Waals surface area contributed by atoms with E-state index in [9.17, 15) is 0 Å². The van der Waals surface area contributed by atoms with Crippen LogP contribution in [-0.4, -0.2) is 9.97 Å². The Balaban J connectivity index is 1.40. The Morgan fingerprint density at radius 3 is 2.53 bits per heavy atom. The van der Waals surface area contributed by atoms with Gasteiger partial charge >= 0.3 is 0 Å². The number of nitrogens with zero attached hydrogens (tertiary/aromatic N) is 2. The molecule has 0 saturated carbocycles. The predicted molar refractivity (Wildman–Crippen MR) is 140 cm³/mol. The lowest BCUT2D eigenvalue weighted by Gasteiger charge is -2.02. The van der Waals surface area contributed by atoms with Crippen molar-refractivity contribution in [3.05, 3.63) is 84.7 Å². The molecule has 160 valence electrons. The van der Waals surface area contributed by atoms with E-state index in [-0.39, 0.29) is 0 Å². The number of aromatic nitrogens is 2. The SMILES string of the molecule is Cc1ccc2c(n1)oc1c(-c3cc4c(cn3)oc3cc5c(cc34)sc3ccccc35)cccc12. The second kappa shape index (κ2) is 6.43. The number of benzene rings is 3. The molecule has 5 heteroatoms. The topological polar surface area (TPSA) is 52.1 Å². The highest BCUT2D eigenvalue weighted by molar-refractivity contribution is 7.25. The smallest absolute Gasteiger partial charge is 0.227 e. The maximum atomic E-state index is 6.23. The van der Waals surface area contributed by atoms with Crippen molar-refractivity contribution in [2.75, 3.05) is 0 Å². The highest BCUT2D eigenvalue weighted by Crippen LogP contribution is 2.41. The first-order chi connectivity index (χ1) is 16.7. The molecule has 5 aromatic heterocycles. The van der Waals surface area contributed by atoms with Crippen molar-refractivity contribution < 1.29 is 8.83 Å². The summed E-state index contributed by atoms with van der Waals surface area (Å²) in [7, 11) is 0. The van der Waals surface area contributed by atoms with Gasteiger partial charge in [0.25, 0.3) is 0 Å². The van der Waals surface area contributed by atoms with Crippen LogP contribution in [-0.2, 0) is 0 Å². The summed E-state index contributed by atoms with van der Waals surface area (Å²) in [6.45, 7) is 1.97. The normalized spacial score (nSPS) is 12.3. The number of fused-ring (bicyclic) bond motifs is 9. The summed E-state index contributed by atoms with van der Waals surface area (Å²) in [5.41, 5.74) is 5.87. The summed E-state index contributed by atoms with van der Waals surface area (Å²) >= 11 is 1.82. The van der Waals surface area contributed by atoms with E-state index >= 15 is 0 Å². The molecule has 0 fully saturated rings. The molecule has 34 heavy (non-hydrogen) atoms. The minimum absolute atomic E-state index is 0.657. The molecule has 0 aliphatic heterocycles. The van der Waals surface area contributed by atoms with Crippen LogP contribution in [0.2, 0.25) is 0 Å². The van der Waals surface area contributed by atoms with E-state index in [0.29, 0.717) is 5.71 Å². The van der Waals surface area contributed by atoms with Crippen molar-refractivity contribution in [1.82, 2.24) is 9.97 Å². The molecule has 0 bridgehead atoms. The number of para-hydroxylation sites is 1. The zero-order chi connectivity index (χ0) is 22.4. The van der Waals surface area contributed by atoms with Gasteiger partial charge in [0, 0.05) is 53.0 Å². The molecule has 4 nitrogen and oxygen atoms in total. The van der Waals surface area contributed by atoms with Crippen molar-refractivity contribution in [3.8, 4) is 11.3 Å². The standard InChI is InChI=1S/C29H16N2O2S/c1-15-9-10-18-17-6-4-7-19(28(17)33-29(18)31-15)23-11-20-21-13-27-22(12-24(21)32-25(20)14-30-23)16-5-2-3-8-26(16)34-27/h2-14H,1H3. The number of hydrogen-bond donors (Lipinski definition) is 0. The third kappa shape index (κ3) is 2.42. The van der Waals surface area contributed by atoms with Gasteiger partial charge in [-0.2, -0.15) is 0 Å². The summed E-state index contributed by atoms with van der Waals surface area (Å²) in [5, 5.41) is 6.72.